The van der Waals surface area contributed by atoms with Crippen molar-refractivity contribution in [2.24, 2.45) is 0 Å². The predicted molar refractivity (Wildman–Crippen MR) is 61.8 cm³/mol. The van der Waals surface area contributed by atoms with E-state index in [1.54, 1.807) is 11.3 Å². The number of ether oxygens (including phenoxy) is 1. The van der Waals surface area contributed by atoms with Crippen molar-refractivity contribution in [1.29, 1.82) is 0 Å². The maximum atomic E-state index is 5.58. The number of nitrogens with two attached hydrogens (primary N) is 1. The van der Waals surface area contributed by atoms with Crippen LogP contribution in [0.5, 0.6) is 0 Å². The Labute approximate surface area is 93.8 Å². The van der Waals surface area contributed by atoms with Gasteiger partial charge in [-0.2, -0.15) is 0 Å². The average molecular weight is 227 g/mol. The molecule has 4 nitrogen and oxygen atoms in total. The Morgan fingerprint density at radius 2 is 2.33 bits per heavy atom. The van der Waals surface area contributed by atoms with Gasteiger partial charge < -0.3 is 15.8 Å². The van der Waals surface area contributed by atoms with E-state index in [4.69, 9.17) is 10.5 Å². The highest BCUT2D eigenvalue weighted by molar-refractivity contribution is 7.15. The number of hydrogen-bond acceptors (Lipinski definition) is 5. The zero-order chi connectivity index (χ0) is 10.7. The molecule has 3 N–H and O–H groups in total. The van der Waals surface area contributed by atoms with Crippen LogP contribution < -0.4 is 11.1 Å². The molecular weight excluding hydrogens is 210 g/mol. The number of anilines is 1. The van der Waals surface area contributed by atoms with Crippen molar-refractivity contribution in [3.63, 3.8) is 0 Å². The van der Waals surface area contributed by atoms with Crippen molar-refractivity contribution in [2.75, 3.05) is 18.9 Å². The van der Waals surface area contributed by atoms with Gasteiger partial charge in [0.2, 0.25) is 0 Å². The lowest BCUT2D eigenvalue weighted by atomic mass is 9.92. The highest BCUT2D eigenvalue weighted by Crippen LogP contribution is 2.21. The number of hydrogen-bond donors (Lipinski definition) is 2. The molecule has 1 aromatic heterocycles. The van der Waals surface area contributed by atoms with Crippen LogP contribution in [0.2, 0.25) is 0 Å². The number of nitrogen functional groups attached to an aromatic ring is 1. The van der Waals surface area contributed by atoms with Gasteiger partial charge in [-0.3, -0.25) is 0 Å². The van der Waals surface area contributed by atoms with Crippen molar-refractivity contribution in [3.05, 3.63) is 11.1 Å². The molecule has 0 bridgehead atoms. The van der Waals surface area contributed by atoms with Gasteiger partial charge in [0.25, 0.3) is 0 Å². The summed E-state index contributed by atoms with van der Waals surface area (Å²) in [7, 11) is 0. The van der Waals surface area contributed by atoms with Crippen LogP contribution in [0.25, 0.3) is 0 Å². The quantitative estimate of drug-likeness (QED) is 0.819. The van der Waals surface area contributed by atoms with Crippen LogP contribution in [0.1, 0.15) is 24.6 Å². The molecule has 2 rings (SSSR count). The van der Waals surface area contributed by atoms with Crippen molar-refractivity contribution < 1.29 is 4.74 Å². The number of nitrogens with zero attached hydrogens (tertiary/aromatic N) is 1. The number of nitrogens with one attached hydrogen (secondary N) is 1. The Kier molecular flexibility index (Phi) is 3.23. The normalized spacial score (nSPS) is 20.3. The first-order valence-electron chi connectivity index (χ1n) is 5.21. The molecule has 0 spiro atoms. The van der Waals surface area contributed by atoms with E-state index in [9.17, 15) is 0 Å². The van der Waals surface area contributed by atoms with Gasteiger partial charge in [-0.1, -0.05) is 0 Å². The van der Waals surface area contributed by atoms with E-state index < -0.39 is 0 Å². The molecule has 0 atom stereocenters. The van der Waals surface area contributed by atoms with Gasteiger partial charge in [0, 0.05) is 36.4 Å². The van der Waals surface area contributed by atoms with Gasteiger partial charge >= 0.3 is 0 Å². The molecule has 1 aromatic rings. The minimum Gasteiger partial charge on any atom is -0.381 e. The lowest BCUT2D eigenvalue weighted by molar-refractivity contribution is 0.0447. The summed E-state index contributed by atoms with van der Waals surface area (Å²) in [5.41, 5.74) is 5.79. The molecule has 1 aliphatic heterocycles. The van der Waals surface area contributed by atoms with Crippen LogP contribution in [-0.2, 0) is 11.3 Å². The summed E-state index contributed by atoms with van der Waals surface area (Å²) < 4.78 is 5.35. The molecule has 0 unspecified atom stereocenters. The average Bonchev–Trinajstić information content (AvgIpc) is 2.63. The number of aromatic nitrogens is 1. The molecule has 84 valence electrons. The molecule has 0 radical (unpaired) electrons. The van der Waals surface area contributed by atoms with E-state index in [-0.39, 0.29) is 5.54 Å². The Balaban J connectivity index is 1.86. The van der Waals surface area contributed by atoms with Crippen molar-refractivity contribution >= 4 is 16.5 Å². The van der Waals surface area contributed by atoms with E-state index in [0.29, 0.717) is 5.13 Å². The van der Waals surface area contributed by atoms with Crippen LogP contribution >= 0.6 is 11.3 Å². The second-order valence-electron chi connectivity index (χ2n) is 4.19. The molecule has 1 saturated heterocycles. The highest BCUT2D eigenvalue weighted by Gasteiger charge is 2.26. The van der Waals surface area contributed by atoms with Gasteiger partial charge in [-0.05, 0) is 19.8 Å². The van der Waals surface area contributed by atoms with Gasteiger partial charge in [-0.25, -0.2) is 4.98 Å². The van der Waals surface area contributed by atoms with Crippen LogP contribution in [0.15, 0.2) is 6.20 Å². The molecule has 1 fully saturated rings. The van der Waals surface area contributed by atoms with E-state index >= 15 is 0 Å². The molecule has 0 saturated carbocycles. The molecule has 0 aliphatic carbocycles. The predicted octanol–water partition coefficient (Wildman–Crippen LogP) is 1.38. The number of thiazole rings is 1. The molecule has 15 heavy (non-hydrogen) atoms. The minimum atomic E-state index is 0.205. The van der Waals surface area contributed by atoms with Crippen LogP contribution in [0, 0.1) is 0 Å². The summed E-state index contributed by atoms with van der Waals surface area (Å²) >= 11 is 1.55. The second kappa shape index (κ2) is 4.47. The Morgan fingerprint density at radius 3 is 2.93 bits per heavy atom. The van der Waals surface area contributed by atoms with Gasteiger partial charge in [-0.15, -0.1) is 11.3 Å². The standard InChI is InChI=1S/C10H17N3OS/c1-10(2-4-14-5-3-10)13-7-8-6-12-9(11)15-8/h6,13H,2-5,7H2,1H3,(H2,11,12). The molecule has 0 amide bonds. The van der Waals surface area contributed by atoms with Crippen LogP contribution in [0.4, 0.5) is 5.13 Å². The smallest absolute Gasteiger partial charge is 0.180 e. The first kappa shape index (κ1) is 10.9. The second-order valence-corrected chi connectivity index (χ2v) is 5.34. The molecule has 0 aromatic carbocycles. The maximum absolute atomic E-state index is 5.58. The first-order valence-corrected chi connectivity index (χ1v) is 6.03. The van der Waals surface area contributed by atoms with Crippen molar-refractivity contribution in [1.82, 2.24) is 10.3 Å². The van der Waals surface area contributed by atoms with Gasteiger partial charge in [0.15, 0.2) is 5.13 Å². The van der Waals surface area contributed by atoms with E-state index in [0.717, 1.165) is 32.6 Å². The molecule has 1 aliphatic rings. The first-order chi connectivity index (χ1) is 7.18. The zero-order valence-corrected chi connectivity index (χ0v) is 9.77. The largest absolute Gasteiger partial charge is 0.381 e. The summed E-state index contributed by atoms with van der Waals surface area (Å²) in [6.07, 6.45) is 3.98. The van der Waals surface area contributed by atoms with Crippen LogP contribution in [-0.4, -0.2) is 23.7 Å². The van der Waals surface area contributed by atoms with E-state index in [2.05, 4.69) is 17.2 Å². The Hall–Kier alpha value is -0.650. The molecular formula is C10H17N3OS. The van der Waals surface area contributed by atoms with Gasteiger partial charge in [0.05, 0.1) is 0 Å². The fraction of sp³-hybridized carbons (Fsp3) is 0.700. The lowest BCUT2D eigenvalue weighted by Gasteiger charge is -2.34. The van der Waals surface area contributed by atoms with Crippen molar-refractivity contribution in [2.45, 2.75) is 31.8 Å². The number of rotatable bonds is 3. The summed E-state index contributed by atoms with van der Waals surface area (Å²) in [5.74, 6) is 0. The van der Waals surface area contributed by atoms with E-state index in [1.165, 1.54) is 4.88 Å². The Bertz CT molecular complexity index is 320. The minimum absolute atomic E-state index is 0.205. The molecule has 2 heterocycles. The fourth-order valence-electron chi connectivity index (χ4n) is 1.70. The summed E-state index contributed by atoms with van der Waals surface area (Å²) in [6, 6.07) is 0. The summed E-state index contributed by atoms with van der Waals surface area (Å²) in [5, 5.41) is 4.20. The maximum Gasteiger partial charge on any atom is 0.180 e. The SMILES string of the molecule is CC1(NCc2cnc(N)s2)CCOCC1. The lowest BCUT2D eigenvalue weighted by Crippen LogP contribution is -2.46. The van der Waals surface area contributed by atoms with Crippen LogP contribution in [0.3, 0.4) is 0 Å². The Morgan fingerprint density at radius 1 is 1.60 bits per heavy atom. The fourth-order valence-corrected chi connectivity index (χ4v) is 2.33. The topological polar surface area (TPSA) is 60.2 Å². The summed E-state index contributed by atoms with van der Waals surface area (Å²) in [6.45, 7) is 4.81. The monoisotopic (exact) mass is 227 g/mol. The van der Waals surface area contributed by atoms with E-state index in [1.807, 2.05) is 6.20 Å². The van der Waals surface area contributed by atoms with Gasteiger partial charge in [0.1, 0.15) is 0 Å². The molecule has 5 heteroatoms. The summed E-state index contributed by atoms with van der Waals surface area (Å²) in [4.78, 5) is 5.23. The zero-order valence-electron chi connectivity index (χ0n) is 8.95. The third kappa shape index (κ3) is 2.90. The third-order valence-corrected chi connectivity index (χ3v) is 3.68. The van der Waals surface area contributed by atoms with Crippen molar-refractivity contribution in [3.8, 4) is 0 Å². The highest BCUT2D eigenvalue weighted by atomic mass is 32.1. The third-order valence-electron chi connectivity index (χ3n) is 2.86.